The van der Waals surface area contributed by atoms with Gasteiger partial charge in [-0.05, 0) is 6.42 Å². The van der Waals surface area contributed by atoms with Gasteiger partial charge in [-0.15, -0.1) is 6.58 Å². The first-order valence-corrected chi connectivity index (χ1v) is 4.41. The third-order valence-electron chi connectivity index (χ3n) is 1.45. The zero-order valence-corrected chi connectivity index (χ0v) is 8.14. The number of carbonyl (C=O) groups excluding carboxylic acids is 1. The molecule has 0 spiro atoms. The lowest BCUT2D eigenvalue weighted by Crippen LogP contribution is -2.33. The molecular formula is C9H18N2O2. The highest BCUT2D eigenvalue weighted by Crippen LogP contribution is 1.81. The molecule has 4 nitrogen and oxygen atoms in total. The highest BCUT2D eigenvalue weighted by molar-refractivity contribution is 5.77. The molecular weight excluding hydrogens is 168 g/mol. The van der Waals surface area contributed by atoms with Crippen LogP contribution in [0.2, 0.25) is 0 Å². The Kier molecular flexibility index (Phi) is 8.60. The molecule has 4 heteroatoms. The van der Waals surface area contributed by atoms with Crippen molar-refractivity contribution >= 4 is 5.91 Å². The zero-order valence-electron chi connectivity index (χ0n) is 8.14. The lowest BCUT2D eigenvalue weighted by Gasteiger charge is -2.04. The predicted octanol–water partition coefficient (Wildman–Crippen LogP) is -0.0853. The molecule has 0 saturated heterocycles. The number of rotatable bonds is 8. The molecule has 0 aromatic carbocycles. The summed E-state index contributed by atoms with van der Waals surface area (Å²) in [5.74, 6) is -0.00825. The largest absolute Gasteiger partial charge is 0.380 e. The second-order valence-corrected chi connectivity index (χ2v) is 2.54. The van der Waals surface area contributed by atoms with Gasteiger partial charge >= 0.3 is 0 Å². The van der Waals surface area contributed by atoms with Crippen molar-refractivity contribution in [1.82, 2.24) is 10.6 Å². The van der Waals surface area contributed by atoms with E-state index in [0.717, 1.165) is 6.42 Å². The maximum atomic E-state index is 10.7. The van der Waals surface area contributed by atoms with Crippen LogP contribution < -0.4 is 10.6 Å². The lowest BCUT2D eigenvalue weighted by atomic mass is 10.4. The van der Waals surface area contributed by atoms with Crippen LogP contribution in [0.1, 0.15) is 6.42 Å². The Morgan fingerprint density at radius 2 is 2.31 bits per heavy atom. The minimum atomic E-state index is -0.00825. The second-order valence-electron chi connectivity index (χ2n) is 2.54. The molecule has 0 unspecified atom stereocenters. The average Bonchev–Trinajstić information content (AvgIpc) is 2.16. The molecule has 1 amide bonds. The van der Waals surface area contributed by atoms with Crippen molar-refractivity contribution < 1.29 is 9.53 Å². The van der Waals surface area contributed by atoms with Crippen LogP contribution in [0.25, 0.3) is 0 Å². The van der Waals surface area contributed by atoms with Gasteiger partial charge in [0.05, 0.1) is 19.8 Å². The van der Waals surface area contributed by atoms with Crippen LogP contribution in [0.5, 0.6) is 0 Å². The fourth-order valence-corrected chi connectivity index (χ4v) is 0.703. The molecule has 76 valence electrons. The summed E-state index contributed by atoms with van der Waals surface area (Å²) in [5, 5.41) is 5.47. The Labute approximate surface area is 79.3 Å². The van der Waals surface area contributed by atoms with E-state index in [9.17, 15) is 4.79 Å². The van der Waals surface area contributed by atoms with Gasteiger partial charge in [0.1, 0.15) is 0 Å². The molecule has 0 aliphatic rings. The molecule has 0 aliphatic heterocycles. The van der Waals surface area contributed by atoms with Gasteiger partial charge in [-0.3, -0.25) is 4.79 Å². The van der Waals surface area contributed by atoms with E-state index in [-0.39, 0.29) is 5.91 Å². The van der Waals surface area contributed by atoms with Crippen molar-refractivity contribution in [3.63, 3.8) is 0 Å². The van der Waals surface area contributed by atoms with E-state index in [4.69, 9.17) is 4.74 Å². The van der Waals surface area contributed by atoms with Crippen molar-refractivity contribution in [2.45, 2.75) is 6.42 Å². The van der Waals surface area contributed by atoms with Crippen LogP contribution >= 0.6 is 0 Å². The molecule has 0 aromatic heterocycles. The van der Waals surface area contributed by atoms with Gasteiger partial charge in [0.25, 0.3) is 0 Å². The standard InChI is InChI=1S/C9H18N2O2/c1-3-4-6-13-7-5-11-8-9(12)10-2/h3,11H,1,4-8H2,2H3,(H,10,12). The number of nitrogens with one attached hydrogen (secondary N) is 2. The van der Waals surface area contributed by atoms with Crippen molar-refractivity contribution in [1.29, 1.82) is 0 Å². The molecule has 0 heterocycles. The van der Waals surface area contributed by atoms with Gasteiger partial charge in [-0.1, -0.05) is 6.08 Å². The fourth-order valence-electron chi connectivity index (χ4n) is 0.703. The van der Waals surface area contributed by atoms with Crippen LogP contribution in [0.15, 0.2) is 12.7 Å². The molecule has 2 N–H and O–H groups in total. The highest BCUT2D eigenvalue weighted by atomic mass is 16.5. The summed E-state index contributed by atoms with van der Waals surface area (Å²) in [4.78, 5) is 10.7. The number of hydrogen-bond acceptors (Lipinski definition) is 3. The lowest BCUT2D eigenvalue weighted by molar-refractivity contribution is -0.119. The van der Waals surface area contributed by atoms with Gasteiger partial charge in [0.15, 0.2) is 0 Å². The minimum absolute atomic E-state index is 0.00825. The quantitative estimate of drug-likeness (QED) is 0.411. The summed E-state index contributed by atoms with van der Waals surface area (Å²) < 4.78 is 5.22. The van der Waals surface area contributed by atoms with Gasteiger partial charge in [0.2, 0.25) is 5.91 Å². The highest BCUT2D eigenvalue weighted by Gasteiger charge is 1.94. The maximum absolute atomic E-state index is 10.7. The monoisotopic (exact) mass is 186 g/mol. The summed E-state index contributed by atoms with van der Waals surface area (Å²) in [6.45, 7) is 5.96. The molecule has 0 atom stereocenters. The smallest absolute Gasteiger partial charge is 0.233 e. The second kappa shape index (κ2) is 9.22. The van der Waals surface area contributed by atoms with E-state index in [1.165, 1.54) is 0 Å². The number of carbonyl (C=O) groups is 1. The van der Waals surface area contributed by atoms with Gasteiger partial charge in [-0.25, -0.2) is 0 Å². The normalized spacial score (nSPS) is 9.62. The van der Waals surface area contributed by atoms with E-state index in [1.807, 2.05) is 6.08 Å². The molecule has 0 saturated carbocycles. The molecule has 13 heavy (non-hydrogen) atoms. The average molecular weight is 186 g/mol. The third kappa shape index (κ3) is 9.04. The SMILES string of the molecule is C=CCCOCCNCC(=O)NC. The van der Waals surface area contributed by atoms with E-state index in [2.05, 4.69) is 17.2 Å². The molecule has 0 aliphatic carbocycles. The fraction of sp³-hybridized carbons (Fsp3) is 0.667. The van der Waals surface area contributed by atoms with E-state index < -0.39 is 0 Å². The van der Waals surface area contributed by atoms with Gasteiger partial charge in [0, 0.05) is 13.6 Å². The minimum Gasteiger partial charge on any atom is -0.380 e. The Bertz CT molecular complexity index is 149. The third-order valence-corrected chi connectivity index (χ3v) is 1.45. The molecule has 0 aromatic rings. The van der Waals surface area contributed by atoms with Crippen molar-refractivity contribution in [2.75, 3.05) is 33.4 Å². The predicted molar refractivity (Wildman–Crippen MR) is 52.6 cm³/mol. The van der Waals surface area contributed by atoms with E-state index >= 15 is 0 Å². The Morgan fingerprint density at radius 1 is 1.54 bits per heavy atom. The van der Waals surface area contributed by atoms with Crippen LogP contribution in [0.4, 0.5) is 0 Å². The first kappa shape index (κ1) is 12.1. The van der Waals surface area contributed by atoms with Crippen molar-refractivity contribution in [3.05, 3.63) is 12.7 Å². The number of hydrogen-bond donors (Lipinski definition) is 2. The molecule has 0 radical (unpaired) electrons. The van der Waals surface area contributed by atoms with Gasteiger partial charge in [-0.2, -0.15) is 0 Å². The first-order valence-electron chi connectivity index (χ1n) is 4.41. The van der Waals surface area contributed by atoms with Crippen LogP contribution in [0, 0.1) is 0 Å². The molecule has 0 bridgehead atoms. The van der Waals surface area contributed by atoms with Crippen molar-refractivity contribution in [3.8, 4) is 0 Å². The topological polar surface area (TPSA) is 50.4 Å². The number of amides is 1. The number of ether oxygens (including phenoxy) is 1. The Hall–Kier alpha value is -0.870. The summed E-state index contributed by atoms with van der Waals surface area (Å²) >= 11 is 0. The van der Waals surface area contributed by atoms with E-state index in [1.54, 1.807) is 7.05 Å². The Morgan fingerprint density at radius 3 is 2.92 bits per heavy atom. The maximum Gasteiger partial charge on any atom is 0.233 e. The summed E-state index contributed by atoms with van der Waals surface area (Å²) in [5.41, 5.74) is 0. The van der Waals surface area contributed by atoms with Crippen LogP contribution in [-0.2, 0) is 9.53 Å². The Balaban J connectivity index is 2.99. The number of likely N-dealkylation sites (N-methyl/N-ethyl adjacent to an activating group) is 1. The first-order chi connectivity index (χ1) is 6.31. The van der Waals surface area contributed by atoms with E-state index in [0.29, 0.717) is 26.3 Å². The zero-order chi connectivity index (χ0) is 9.94. The summed E-state index contributed by atoms with van der Waals surface area (Å²) in [6, 6.07) is 0. The summed E-state index contributed by atoms with van der Waals surface area (Å²) in [7, 11) is 1.62. The summed E-state index contributed by atoms with van der Waals surface area (Å²) in [6.07, 6.45) is 2.69. The van der Waals surface area contributed by atoms with Gasteiger partial charge < -0.3 is 15.4 Å². The van der Waals surface area contributed by atoms with Crippen molar-refractivity contribution in [2.24, 2.45) is 0 Å². The van der Waals surface area contributed by atoms with Crippen LogP contribution in [0.3, 0.4) is 0 Å². The van der Waals surface area contributed by atoms with Crippen LogP contribution in [-0.4, -0.2) is 39.3 Å². The molecule has 0 rings (SSSR count). The molecule has 0 fully saturated rings.